The van der Waals surface area contributed by atoms with Crippen molar-refractivity contribution >= 4 is 5.91 Å². The van der Waals surface area contributed by atoms with Gasteiger partial charge in [-0.05, 0) is 41.7 Å². The minimum atomic E-state index is -0.166. The van der Waals surface area contributed by atoms with Crippen molar-refractivity contribution in [1.29, 1.82) is 0 Å². The largest absolute Gasteiger partial charge is 0.486 e. The molecule has 1 atom stereocenters. The predicted octanol–water partition coefficient (Wildman–Crippen LogP) is 4.01. The summed E-state index contributed by atoms with van der Waals surface area (Å²) in [5, 5.41) is 2.97. The molecule has 0 saturated heterocycles. The number of benzene rings is 2. The molecule has 27 heavy (non-hydrogen) atoms. The number of carbonyl (C=O) groups excluding carboxylic acids is 1. The number of hydrogen-bond donors (Lipinski definition) is 1. The Balaban J connectivity index is 1.60. The van der Waals surface area contributed by atoms with Gasteiger partial charge in [-0.1, -0.05) is 45.0 Å². The Hall–Kier alpha value is -2.69. The van der Waals surface area contributed by atoms with Gasteiger partial charge in [-0.15, -0.1) is 0 Å². The first-order chi connectivity index (χ1) is 12.8. The maximum absolute atomic E-state index is 12.4. The lowest BCUT2D eigenvalue weighted by molar-refractivity contribution is -0.123. The maximum atomic E-state index is 12.4. The van der Waals surface area contributed by atoms with Gasteiger partial charge in [0.05, 0.1) is 6.04 Å². The van der Waals surface area contributed by atoms with Crippen LogP contribution >= 0.6 is 0 Å². The molecule has 1 heterocycles. The minimum Gasteiger partial charge on any atom is -0.486 e. The molecule has 0 fully saturated rings. The molecule has 5 heteroatoms. The summed E-state index contributed by atoms with van der Waals surface area (Å²) in [6, 6.07) is 13.4. The lowest BCUT2D eigenvalue weighted by Crippen LogP contribution is -2.31. The Bertz CT molecular complexity index is 810. The second kappa shape index (κ2) is 7.91. The van der Waals surface area contributed by atoms with E-state index in [9.17, 15) is 4.79 Å². The zero-order chi connectivity index (χ0) is 19.4. The number of hydrogen-bond acceptors (Lipinski definition) is 4. The van der Waals surface area contributed by atoms with Gasteiger partial charge in [0.15, 0.2) is 18.1 Å². The zero-order valence-corrected chi connectivity index (χ0v) is 16.4. The highest BCUT2D eigenvalue weighted by molar-refractivity contribution is 5.78. The van der Waals surface area contributed by atoms with E-state index in [1.807, 2.05) is 49.4 Å². The van der Waals surface area contributed by atoms with Gasteiger partial charge in [0.2, 0.25) is 0 Å². The third kappa shape index (κ3) is 4.73. The molecule has 2 aromatic carbocycles. The first-order valence-corrected chi connectivity index (χ1v) is 9.26. The first kappa shape index (κ1) is 19.1. The molecule has 0 spiro atoms. The third-order valence-electron chi connectivity index (χ3n) is 4.50. The monoisotopic (exact) mass is 369 g/mol. The van der Waals surface area contributed by atoms with Crippen molar-refractivity contribution in [3.8, 4) is 17.2 Å². The van der Waals surface area contributed by atoms with E-state index >= 15 is 0 Å². The first-order valence-electron chi connectivity index (χ1n) is 9.26. The molecule has 5 nitrogen and oxygen atoms in total. The topological polar surface area (TPSA) is 56.8 Å². The van der Waals surface area contributed by atoms with Crippen LogP contribution in [0.2, 0.25) is 0 Å². The smallest absolute Gasteiger partial charge is 0.258 e. The molecule has 0 radical (unpaired) electrons. The number of ether oxygens (including phenoxy) is 3. The Morgan fingerprint density at radius 2 is 1.81 bits per heavy atom. The van der Waals surface area contributed by atoms with Crippen LogP contribution in [0.3, 0.4) is 0 Å². The van der Waals surface area contributed by atoms with Crippen molar-refractivity contribution in [3.63, 3.8) is 0 Å². The van der Waals surface area contributed by atoms with Crippen molar-refractivity contribution in [2.24, 2.45) is 0 Å². The van der Waals surface area contributed by atoms with Gasteiger partial charge >= 0.3 is 0 Å². The summed E-state index contributed by atoms with van der Waals surface area (Å²) in [4.78, 5) is 12.4. The van der Waals surface area contributed by atoms with Crippen LogP contribution in [0.1, 0.15) is 44.9 Å². The molecular weight excluding hydrogens is 342 g/mol. The minimum absolute atomic E-state index is 0.0258. The highest BCUT2D eigenvalue weighted by atomic mass is 16.6. The zero-order valence-electron chi connectivity index (χ0n) is 16.4. The van der Waals surface area contributed by atoms with Crippen LogP contribution in [-0.4, -0.2) is 25.7 Å². The summed E-state index contributed by atoms with van der Waals surface area (Å²) in [7, 11) is 0. The van der Waals surface area contributed by atoms with Crippen molar-refractivity contribution in [2.45, 2.75) is 39.2 Å². The summed E-state index contributed by atoms with van der Waals surface area (Å²) in [6.07, 6.45) is 0. The predicted molar refractivity (Wildman–Crippen MR) is 105 cm³/mol. The number of nitrogens with one attached hydrogen (secondary N) is 1. The van der Waals surface area contributed by atoms with E-state index in [1.165, 1.54) is 0 Å². The molecule has 1 aliphatic heterocycles. The molecule has 2 aromatic rings. The van der Waals surface area contributed by atoms with E-state index < -0.39 is 0 Å². The van der Waals surface area contributed by atoms with Gasteiger partial charge in [-0.25, -0.2) is 0 Å². The van der Waals surface area contributed by atoms with Crippen LogP contribution in [-0.2, 0) is 10.2 Å². The summed E-state index contributed by atoms with van der Waals surface area (Å²) in [5.74, 6) is 2.04. The van der Waals surface area contributed by atoms with Crippen molar-refractivity contribution in [1.82, 2.24) is 5.32 Å². The SMILES string of the molecule is CC(NC(=O)COc1ccccc1C(C)(C)C)c1ccc2c(c1)OCCO2. The van der Waals surface area contributed by atoms with Crippen LogP contribution in [0.5, 0.6) is 17.2 Å². The fourth-order valence-corrected chi connectivity index (χ4v) is 3.05. The number of fused-ring (bicyclic) bond motifs is 1. The lowest BCUT2D eigenvalue weighted by Gasteiger charge is -2.23. The highest BCUT2D eigenvalue weighted by Gasteiger charge is 2.20. The van der Waals surface area contributed by atoms with E-state index in [-0.39, 0.29) is 24.0 Å². The molecule has 0 saturated carbocycles. The van der Waals surface area contributed by atoms with Crippen LogP contribution in [0.15, 0.2) is 42.5 Å². The molecule has 1 aliphatic rings. The molecule has 144 valence electrons. The molecule has 1 N–H and O–H groups in total. The number of amides is 1. The molecular formula is C22H27NO4. The van der Waals surface area contributed by atoms with E-state index in [4.69, 9.17) is 14.2 Å². The fourth-order valence-electron chi connectivity index (χ4n) is 3.05. The highest BCUT2D eigenvalue weighted by Crippen LogP contribution is 2.33. The molecule has 0 aromatic heterocycles. The van der Waals surface area contributed by atoms with Crippen LogP contribution in [0, 0.1) is 0 Å². The summed E-state index contributed by atoms with van der Waals surface area (Å²) < 4.78 is 16.9. The molecule has 3 rings (SSSR count). The fraction of sp³-hybridized carbons (Fsp3) is 0.409. The van der Waals surface area contributed by atoms with E-state index in [0.29, 0.717) is 13.2 Å². The maximum Gasteiger partial charge on any atom is 0.258 e. The normalized spacial score (nSPS) is 14.4. The average molecular weight is 369 g/mol. The molecule has 0 aliphatic carbocycles. The van der Waals surface area contributed by atoms with Crippen LogP contribution < -0.4 is 19.5 Å². The van der Waals surface area contributed by atoms with Crippen molar-refractivity contribution in [3.05, 3.63) is 53.6 Å². The van der Waals surface area contributed by atoms with Crippen molar-refractivity contribution in [2.75, 3.05) is 19.8 Å². The van der Waals surface area contributed by atoms with Crippen molar-refractivity contribution < 1.29 is 19.0 Å². The number of rotatable bonds is 5. The third-order valence-corrected chi connectivity index (χ3v) is 4.50. The van der Waals surface area contributed by atoms with Crippen LogP contribution in [0.4, 0.5) is 0 Å². The van der Waals surface area contributed by atoms with Gasteiger partial charge in [0, 0.05) is 0 Å². The standard InChI is InChI=1S/C22H27NO4/c1-15(16-9-10-19-20(13-16)26-12-11-25-19)23-21(24)14-27-18-8-6-5-7-17(18)22(2,3)4/h5-10,13,15H,11-12,14H2,1-4H3,(H,23,24). The summed E-state index contributed by atoms with van der Waals surface area (Å²) >= 11 is 0. The van der Waals surface area contributed by atoms with E-state index in [2.05, 4.69) is 26.1 Å². The number of carbonyl (C=O) groups is 1. The molecule has 0 bridgehead atoms. The Morgan fingerprint density at radius 1 is 1.11 bits per heavy atom. The van der Waals surface area contributed by atoms with Gasteiger partial charge in [0.25, 0.3) is 5.91 Å². The number of para-hydroxylation sites is 1. The Morgan fingerprint density at radius 3 is 2.56 bits per heavy atom. The van der Waals surface area contributed by atoms with Gasteiger partial charge in [-0.3, -0.25) is 4.79 Å². The lowest BCUT2D eigenvalue weighted by atomic mass is 9.86. The second-order valence-corrected chi connectivity index (χ2v) is 7.73. The van der Waals surface area contributed by atoms with Gasteiger partial charge < -0.3 is 19.5 Å². The Kier molecular flexibility index (Phi) is 5.59. The second-order valence-electron chi connectivity index (χ2n) is 7.73. The average Bonchev–Trinajstić information content (AvgIpc) is 2.65. The van der Waals surface area contributed by atoms with E-state index in [1.54, 1.807) is 0 Å². The quantitative estimate of drug-likeness (QED) is 0.865. The van der Waals surface area contributed by atoms with E-state index in [0.717, 1.165) is 28.4 Å². The van der Waals surface area contributed by atoms with Gasteiger partial charge in [-0.2, -0.15) is 0 Å². The summed E-state index contributed by atoms with van der Waals surface area (Å²) in [6.45, 7) is 9.39. The van der Waals surface area contributed by atoms with Gasteiger partial charge in [0.1, 0.15) is 19.0 Å². The molecule has 1 amide bonds. The summed E-state index contributed by atoms with van der Waals surface area (Å²) in [5.41, 5.74) is 1.99. The Labute approximate surface area is 160 Å². The molecule has 1 unspecified atom stereocenters. The van der Waals surface area contributed by atoms with Crippen LogP contribution in [0.25, 0.3) is 0 Å².